The monoisotopic (exact) mass is 350 g/mol. The predicted octanol–water partition coefficient (Wildman–Crippen LogP) is 3.03. The maximum absolute atomic E-state index is 12.6. The van der Waals surface area contributed by atoms with Crippen LogP contribution in [0, 0.1) is 0 Å². The van der Waals surface area contributed by atoms with E-state index in [2.05, 4.69) is 15.1 Å². The Labute approximate surface area is 147 Å². The van der Waals surface area contributed by atoms with E-state index in [-0.39, 0.29) is 5.56 Å². The van der Waals surface area contributed by atoms with Crippen molar-refractivity contribution in [1.82, 2.24) is 19.7 Å². The average molecular weight is 350 g/mol. The molecule has 0 N–H and O–H groups in total. The molecule has 0 fully saturated rings. The van der Waals surface area contributed by atoms with Crippen molar-refractivity contribution >= 4 is 21.4 Å². The maximum Gasteiger partial charge on any atom is 0.276 e. The SMILES string of the molecule is Cn1nc(OCc2cccnc2)c2scc(-c3ccncc3)c2c1=O. The summed E-state index contributed by atoms with van der Waals surface area (Å²) in [5.41, 5.74) is 2.62. The minimum Gasteiger partial charge on any atom is -0.471 e. The Morgan fingerprint density at radius 3 is 2.76 bits per heavy atom. The van der Waals surface area contributed by atoms with Gasteiger partial charge >= 0.3 is 0 Å². The van der Waals surface area contributed by atoms with E-state index in [1.165, 1.54) is 16.0 Å². The molecule has 0 saturated carbocycles. The summed E-state index contributed by atoms with van der Waals surface area (Å²) >= 11 is 1.46. The molecule has 0 aliphatic rings. The molecule has 7 heteroatoms. The molecule has 6 nitrogen and oxygen atoms in total. The van der Waals surface area contributed by atoms with E-state index in [0.29, 0.717) is 17.9 Å². The van der Waals surface area contributed by atoms with Crippen molar-refractivity contribution in [3.63, 3.8) is 0 Å². The van der Waals surface area contributed by atoms with E-state index in [4.69, 9.17) is 4.74 Å². The fraction of sp³-hybridized carbons (Fsp3) is 0.111. The molecule has 0 amide bonds. The highest BCUT2D eigenvalue weighted by atomic mass is 32.1. The molecular weight excluding hydrogens is 336 g/mol. The number of pyridine rings is 2. The smallest absolute Gasteiger partial charge is 0.276 e. The van der Waals surface area contributed by atoms with Crippen LogP contribution in [-0.2, 0) is 13.7 Å². The Kier molecular flexibility index (Phi) is 3.99. The van der Waals surface area contributed by atoms with Crippen molar-refractivity contribution in [2.24, 2.45) is 7.05 Å². The van der Waals surface area contributed by atoms with E-state index >= 15 is 0 Å². The lowest BCUT2D eigenvalue weighted by Gasteiger charge is -2.08. The largest absolute Gasteiger partial charge is 0.471 e. The molecule has 0 bridgehead atoms. The molecule has 0 spiro atoms. The molecule has 0 unspecified atom stereocenters. The number of hydrogen-bond donors (Lipinski definition) is 0. The molecule has 0 aromatic carbocycles. The fourth-order valence-corrected chi connectivity index (χ4v) is 3.60. The van der Waals surface area contributed by atoms with Gasteiger partial charge in [-0.3, -0.25) is 14.8 Å². The topological polar surface area (TPSA) is 69.9 Å². The van der Waals surface area contributed by atoms with Gasteiger partial charge in [-0.25, -0.2) is 4.68 Å². The van der Waals surface area contributed by atoms with Gasteiger partial charge in [0.1, 0.15) is 11.3 Å². The molecule has 4 rings (SSSR count). The normalized spacial score (nSPS) is 10.9. The van der Waals surface area contributed by atoms with E-state index in [9.17, 15) is 4.79 Å². The summed E-state index contributed by atoms with van der Waals surface area (Å²) in [6, 6.07) is 7.56. The first-order valence-corrected chi connectivity index (χ1v) is 8.52. The maximum atomic E-state index is 12.6. The number of ether oxygens (including phenoxy) is 1. The summed E-state index contributed by atoms with van der Waals surface area (Å²) in [5.74, 6) is 0.450. The van der Waals surface area contributed by atoms with Crippen LogP contribution < -0.4 is 10.3 Å². The Morgan fingerprint density at radius 2 is 2.00 bits per heavy atom. The third-order valence-corrected chi connectivity index (χ3v) is 4.79. The molecule has 25 heavy (non-hydrogen) atoms. The second-order valence-corrected chi connectivity index (χ2v) is 6.35. The lowest BCUT2D eigenvalue weighted by atomic mass is 10.1. The third-order valence-electron chi connectivity index (χ3n) is 3.82. The summed E-state index contributed by atoms with van der Waals surface area (Å²) in [6.45, 7) is 0.344. The second kappa shape index (κ2) is 6.45. The Balaban J connectivity index is 1.80. The Bertz CT molecular complexity index is 1070. The minimum atomic E-state index is -0.142. The molecule has 0 saturated heterocycles. The molecule has 4 aromatic rings. The summed E-state index contributed by atoms with van der Waals surface area (Å²) in [7, 11) is 1.63. The number of aryl methyl sites for hydroxylation is 1. The van der Waals surface area contributed by atoms with Crippen LogP contribution in [0.2, 0.25) is 0 Å². The van der Waals surface area contributed by atoms with Crippen molar-refractivity contribution in [2.75, 3.05) is 0 Å². The number of nitrogens with zero attached hydrogens (tertiary/aromatic N) is 4. The van der Waals surface area contributed by atoms with Gasteiger partial charge in [-0.1, -0.05) is 6.07 Å². The van der Waals surface area contributed by atoms with Crippen molar-refractivity contribution in [1.29, 1.82) is 0 Å². The molecule has 0 aliphatic heterocycles. The van der Waals surface area contributed by atoms with Gasteiger partial charge in [0.05, 0.1) is 5.39 Å². The predicted molar refractivity (Wildman–Crippen MR) is 96.7 cm³/mol. The van der Waals surface area contributed by atoms with Gasteiger partial charge < -0.3 is 4.74 Å². The van der Waals surface area contributed by atoms with Gasteiger partial charge in [0.15, 0.2) is 0 Å². The lowest BCUT2D eigenvalue weighted by Crippen LogP contribution is -2.20. The summed E-state index contributed by atoms with van der Waals surface area (Å²) < 4.78 is 7.94. The van der Waals surface area contributed by atoms with Gasteiger partial charge in [0.25, 0.3) is 5.56 Å². The van der Waals surface area contributed by atoms with Gasteiger partial charge in [-0.2, -0.15) is 0 Å². The first-order chi connectivity index (χ1) is 12.2. The Hall–Kier alpha value is -3.06. The number of rotatable bonds is 4. The van der Waals surface area contributed by atoms with Crippen LogP contribution >= 0.6 is 11.3 Å². The second-order valence-electron chi connectivity index (χ2n) is 5.47. The van der Waals surface area contributed by atoms with Crippen LogP contribution in [0.25, 0.3) is 21.2 Å². The Morgan fingerprint density at radius 1 is 1.16 bits per heavy atom. The molecule has 124 valence electrons. The van der Waals surface area contributed by atoms with Crippen molar-refractivity contribution < 1.29 is 4.74 Å². The molecule has 0 radical (unpaired) electrons. The van der Waals surface area contributed by atoms with Crippen molar-refractivity contribution in [3.05, 3.63) is 70.4 Å². The zero-order chi connectivity index (χ0) is 17.2. The van der Waals surface area contributed by atoms with Crippen LogP contribution in [0.5, 0.6) is 5.88 Å². The highest BCUT2D eigenvalue weighted by Gasteiger charge is 2.17. The van der Waals surface area contributed by atoms with E-state index in [1.807, 2.05) is 29.6 Å². The minimum absolute atomic E-state index is 0.142. The van der Waals surface area contributed by atoms with E-state index in [1.54, 1.807) is 31.8 Å². The highest BCUT2D eigenvalue weighted by molar-refractivity contribution is 7.18. The first-order valence-electron chi connectivity index (χ1n) is 7.64. The summed E-state index contributed by atoms with van der Waals surface area (Å²) in [6.07, 6.45) is 6.89. The van der Waals surface area contributed by atoms with Crippen molar-refractivity contribution in [2.45, 2.75) is 6.61 Å². The molecule has 4 aromatic heterocycles. The molecule has 4 heterocycles. The van der Waals surface area contributed by atoms with Crippen LogP contribution in [0.15, 0.2) is 59.2 Å². The molecular formula is C18H14N4O2S. The van der Waals surface area contributed by atoms with Crippen LogP contribution in [0.3, 0.4) is 0 Å². The quantitative estimate of drug-likeness (QED) is 0.566. The van der Waals surface area contributed by atoms with E-state index in [0.717, 1.165) is 21.4 Å². The third kappa shape index (κ3) is 2.89. The van der Waals surface area contributed by atoms with Crippen LogP contribution in [-0.4, -0.2) is 19.7 Å². The highest BCUT2D eigenvalue weighted by Crippen LogP contribution is 2.35. The van der Waals surface area contributed by atoms with Gasteiger partial charge in [-0.15, -0.1) is 16.4 Å². The number of fused-ring (bicyclic) bond motifs is 1. The number of aromatic nitrogens is 4. The zero-order valence-corrected chi connectivity index (χ0v) is 14.2. The van der Waals surface area contributed by atoms with E-state index < -0.39 is 0 Å². The number of hydrogen-bond acceptors (Lipinski definition) is 6. The zero-order valence-electron chi connectivity index (χ0n) is 13.4. The molecule has 0 aliphatic carbocycles. The first kappa shape index (κ1) is 15.5. The average Bonchev–Trinajstić information content (AvgIpc) is 3.11. The summed E-state index contributed by atoms with van der Waals surface area (Å²) in [4.78, 5) is 20.7. The van der Waals surface area contributed by atoms with Gasteiger partial charge in [-0.05, 0) is 23.8 Å². The van der Waals surface area contributed by atoms with Gasteiger partial charge in [0, 0.05) is 48.3 Å². The summed E-state index contributed by atoms with van der Waals surface area (Å²) in [5, 5.41) is 6.86. The standard InChI is InChI=1S/C18H14N4O2S/c1-22-18(23)15-14(13-4-7-19-8-5-13)11-25-16(15)17(21-22)24-10-12-3-2-6-20-9-12/h2-9,11H,10H2,1H3. The fourth-order valence-electron chi connectivity index (χ4n) is 2.59. The number of thiophene rings is 1. The van der Waals surface area contributed by atoms with Crippen molar-refractivity contribution in [3.8, 4) is 17.0 Å². The molecule has 0 atom stereocenters. The van der Waals surface area contributed by atoms with Gasteiger partial charge in [0.2, 0.25) is 5.88 Å². The van der Waals surface area contributed by atoms with Crippen LogP contribution in [0.1, 0.15) is 5.56 Å². The lowest BCUT2D eigenvalue weighted by molar-refractivity contribution is 0.290. The van der Waals surface area contributed by atoms with Crippen LogP contribution in [0.4, 0.5) is 0 Å².